The summed E-state index contributed by atoms with van der Waals surface area (Å²) in [6, 6.07) is 7.99. The van der Waals surface area contributed by atoms with E-state index in [1.54, 1.807) is 0 Å². The molecule has 3 rings (SSSR count). The van der Waals surface area contributed by atoms with Crippen LogP contribution in [0.1, 0.15) is 47.3 Å². The molecule has 1 aliphatic carbocycles. The first-order chi connectivity index (χ1) is 11.0. The van der Waals surface area contributed by atoms with Gasteiger partial charge in [0.05, 0.1) is 22.9 Å². The van der Waals surface area contributed by atoms with Crippen LogP contribution in [0.2, 0.25) is 0 Å². The van der Waals surface area contributed by atoms with Crippen molar-refractivity contribution in [1.29, 1.82) is 0 Å². The molecule has 0 bridgehead atoms. The van der Waals surface area contributed by atoms with Gasteiger partial charge in [-0.1, -0.05) is 18.6 Å². The van der Waals surface area contributed by atoms with Crippen LogP contribution in [0.4, 0.5) is 0 Å². The molecule has 4 nitrogen and oxygen atoms in total. The lowest BCUT2D eigenvalue weighted by atomic mass is 9.87. The van der Waals surface area contributed by atoms with Crippen LogP contribution in [0, 0.1) is 19.8 Å². The summed E-state index contributed by atoms with van der Waals surface area (Å²) in [7, 11) is 0. The molecule has 1 saturated carbocycles. The third-order valence-electron chi connectivity index (χ3n) is 4.71. The third kappa shape index (κ3) is 3.70. The predicted molar refractivity (Wildman–Crippen MR) is 91.5 cm³/mol. The molecule has 2 unspecified atom stereocenters. The molecule has 1 heterocycles. The average Bonchev–Trinajstić information content (AvgIpc) is 2.52. The number of nitrogens with zero attached hydrogens (tertiary/aromatic N) is 1. The highest BCUT2D eigenvalue weighted by Crippen LogP contribution is 2.24. The van der Waals surface area contributed by atoms with E-state index in [0.717, 1.165) is 47.8 Å². The van der Waals surface area contributed by atoms with Gasteiger partial charge in [-0.05, 0) is 56.7 Å². The Kier molecular flexibility index (Phi) is 4.62. The number of rotatable bonds is 3. The summed E-state index contributed by atoms with van der Waals surface area (Å²) < 4.78 is 0. The molecule has 4 heteroatoms. The van der Waals surface area contributed by atoms with E-state index < -0.39 is 0 Å². The number of aliphatic hydroxyl groups is 1. The second-order valence-electron chi connectivity index (χ2n) is 6.71. The van der Waals surface area contributed by atoms with E-state index in [1.165, 1.54) is 0 Å². The van der Waals surface area contributed by atoms with Crippen LogP contribution in [0.3, 0.4) is 0 Å². The molecular weight excluding hydrogens is 288 g/mol. The Balaban J connectivity index is 1.72. The molecule has 122 valence electrons. The minimum absolute atomic E-state index is 0.0717. The molecule has 1 aliphatic rings. The Morgan fingerprint density at radius 1 is 1.30 bits per heavy atom. The molecular formula is C19H24N2O2. The fraction of sp³-hybridized carbons (Fsp3) is 0.474. The molecule has 1 amide bonds. The lowest BCUT2D eigenvalue weighted by Gasteiger charge is -2.26. The minimum atomic E-state index is -0.210. The molecule has 1 fully saturated rings. The van der Waals surface area contributed by atoms with Gasteiger partial charge >= 0.3 is 0 Å². The number of hydrogen-bond donors (Lipinski definition) is 2. The maximum Gasteiger partial charge on any atom is 0.253 e. The fourth-order valence-corrected chi connectivity index (χ4v) is 3.38. The lowest BCUT2D eigenvalue weighted by Crippen LogP contribution is -2.33. The van der Waals surface area contributed by atoms with Crippen LogP contribution in [-0.2, 0) is 0 Å². The Morgan fingerprint density at radius 2 is 2.13 bits per heavy atom. The fourth-order valence-electron chi connectivity index (χ4n) is 3.38. The van der Waals surface area contributed by atoms with Crippen molar-refractivity contribution in [2.45, 2.75) is 45.6 Å². The van der Waals surface area contributed by atoms with Crippen LogP contribution in [0.5, 0.6) is 0 Å². The highest BCUT2D eigenvalue weighted by molar-refractivity contribution is 5.98. The highest BCUT2D eigenvalue weighted by atomic mass is 16.3. The number of aliphatic hydroxyl groups excluding tert-OH is 1. The van der Waals surface area contributed by atoms with Crippen LogP contribution < -0.4 is 5.32 Å². The van der Waals surface area contributed by atoms with Gasteiger partial charge in [0, 0.05) is 11.9 Å². The number of fused-ring (bicyclic) bond motifs is 1. The quantitative estimate of drug-likeness (QED) is 0.915. The van der Waals surface area contributed by atoms with Crippen molar-refractivity contribution in [2.75, 3.05) is 6.54 Å². The minimum Gasteiger partial charge on any atom is -0.393 e. The maximum absolute atomic E-state index is 12.5. The van der Waals surface area contributed by atoms with Crippen molar-refractivity contribution in [3.8, 4) is 0 Å². The molecule has 0 aliphatic heterocycles. The van der Waals surface area contributed by atoms with Crippen molar-refractivity contribution in [3.63, 3.8) is 0 Å². The monoisotopic (exact) mass is 312 g/mol. The zero-order valence-corrected chi connectivity index (χ0v) is 13.8. The van der Waals surface area contributed by atoms with E-state index in [2.05, 4.69) is 10.3 Å². The van der Waals surface area contributed by atoms with E-state index >= 15 is 0 Å². The van der Waals surface area contributed by atoms with Crippen molar-refractivity contribution in [1.82, 2.24) is 10.3 Å². The molecule has 2 atom stereocenters. The first kappa shape index (κ1) is 15.9. The van der Waals surface area contributed by atoms with Crippen LogP contribution >= 0.6 is 0 Å². The number of pyridine rings is 1. The Bertz CT molecular complexity index is 727. The SMILES string of the molecule is Cc1ccc2cc(C(=O)NCC3CCCC(O)C3)c(C)nc2c1. The van der Waals surface area contributed by atoms with E-state index in [-0.39, 0.29) is 12.0 Å². The summed E-state index contributed by atoms with van der Waals surface area (Å²) in [6.45, 7) is 4.54. The Labute approximate surface area is 136 Å². The Hall–Kier alpha value is -1.94. The van der Waals surface area contributed by atoms with Gasteiger partial charge in [0.2, 0.25) is 0 Å². The number of aromatic nitrogens is 1. The zero-order valence-electron chi connectivity index (χ0n) is 13.8. The summed E-state index contributed by atoms with van der Waals surface area (Å²) in [6.07, 6.45) is 3.58. The molecule has 0 saturated heterocycles. The summed E-state index contributed by atoms with van der Waals surface area (Å²) in [5.41, 5.74) is 3.48. The van der Waals surface area contributed by atoms with Crippen LogP contribution in [0.25, 0.3) is 10.9 Å². The first-order valence-electron chi connectivity index (χ1n) is 8.37. The molecule has 0 spiro atoms. The number of amides is 1. The zero-order chi connectivity index (χ0) is 16.4. The van der Waals surface area contributed by atoms with Gasteiger partial charge in [-0.3, -0.25) is 9.78 Å². The van der Waals surface area contributed by atoms with Gasteiger partial charge in [0.1, 0.15) is 0 Å². The van der Waals surface area contributed by atoms with Gasteiger partial charge in [0.25, 0.3) is 5.91 Å². The number of hydrogen-bond acceptors (Lipinski definition) is 3. The van der Waals surface area contributed by atoms with Crippen molar-refractivity contribution in [3.05, 3.63) is 41.1 Å². The lowest BCUT2D eigenvalue weighted by molar-refractivity contribution is 0.0873. The predicted octanol–water partition coefficient (Wildman–Crippen LogP) is 3.13. The number of carbonyl (C=O) groups excluding carboxylic acids is 1. The Morgan fingerprint density at radius 3 is 2.91 bits per heavy atom. The van der Waals surface area contributed by atoms with Gasteiger partial charge in [-0.2, -0.15) is 0 Å². The summed E-state index contributed by atoms with van der Waals surface area (Å²) in [5.74, 6) is 0.302. The van der Waals surface area contributed by atoms with Crippen LogP contribution in [-0.4, -0.2) is 28.6 Å². The molecule has 2 aromatic rings. The number of carbonyl (C=O) groups is 1. The normalized spacial score (nSPS) is 21.3. The summed E-state index contributed by atoms with van der Waals surface area (Å²) in [4.78, 5) is 17.1. The number of nitrogens with one attached hydrogen (secondary N) is 1. The average molecular weight is 312 g/mol. The second-order valence-corrected chi connectivity index (χ2v) is 6.71. The van der Waals surface area contributed by atoms with Crippen molar-refractivity contribution in [2.24, 2.45) is 5.92 Å². The van der Waals surface area contributed by atoms with Crippen LogP contribution in [0.15, 0.2) is 24.3 Å². The standard InChI is InChI=1S/C19H24N2O2/c1-12-6-7-15-10-17(13(2)21-18(15)8-12)19(23)20-11-14-4-3-5-16(22)9-14/h6-8,10,14,16,22H,3-5,9,11H2,1-2H3,(H,20,23). The molecule has 1 aromatic carbocycles. The van der Waals surface area contributed by atoms with Gasteiger partial charge in [-0.15, -0.1) is 0 Å². The largest absolute Gasteiger partial charge is 0.393 e. The molecule has 23 heavy (non-hydrogen) atoms. The summed E-state index contributed by atoms with van der Waals surface area (Å²) >= 11 is 0. The smallest absolute Gasteiger partial charge is 0.253 e. The second kappa shape index (κ2) is 6.67. The van der Waals surface area contributed by atoms with E-state index in [1.807, 2.05) is 38.1 Å². The van der Waals surface area contributed by atoms with Gasteiger partial charge in [0.15, 0.2) is 0 Å². The molecule has 2 N–H and O–H groups in total. The number of benzene rings is 1. The van der Waals surface area contributed by atoms with Crippen molar-refractivity contribution < 1.29 is 9.90 Å². The molecule has 0 radical (unpaired) electrons. The van der Waals surface area contributed by atoms with Crippen molar-refractivity contribution >= 4 is 16.8 Å². The molecule has 1 aromatic heterocycles. The van der Waals surface area contributed by atoms with E-state index in [9.17, 15) is 9.90 Å². The van der Waals surface area contributed by atoms with E-state index in [0.29, 0.717) is 18.0 Å². The van der Waals surface area contributed by atoms with Gasteiger partial charge < -0.3 is 10.4 Å². The number of aryl methyl sites for hydroxylation is 2. The third-order valence-corrected chi connectivity index (χ3v) is 4.71. The highest BCUT2D eigenvalue weighted by Gasteiger charge is 2.21. The van der Waals surface area contributed by atoms with E-state index in [4.69, 9.17) is 0 Å². The van der Waals surface area contributed by atoms with Gasteiger partial charge in [-0.25, -0.2) is 0 Å². The first-order valence-corrected chi connectivity index (χ1v) is 8.37. The maximum atomic E-state index is 12.5. The summed E-state index contributed by atoms with van der Waals surface area (Å²) in [5, 5.41) is 13.7. The topological polar surface area (TPSA) is 62.2 Å².